The molecule has 0 radical (unpaired) electrons. The van der Waals surface area contributed by atoms with Crippen molar-refractivity contribution in [3.63, 3.8) is 0 Å². The number of hydrogen-bond donors (Lipinski definition) is 1. The van der Waals surface area contributed by atoms with Gasteiger partial charge < -0.3 is 5.32 Å². The fraction of sp³-hybridized carbons (Fsp3) is 0.250. The van der Waals surface area contributed by atoms with Gasteiger partial charge >= 0.3 is 0 Å². The van der Waals surface area contributed by atoms with Crippen LogP contribution in [0.25, 0.3) is 0 Å². The van der Waals surface area contributed by atoms with Gasteiger partial charge in [-0.25, -0.2) is 4.39 Å². The number of hydrogen-bond acceptors (Lipinski definition) is 4. The third-order valence-corrected chi connectivity index (χ3v) is 6.60. The Balaban J connectivity index is 1.53. The summed E-state index contributed by atoms with van der Waals surface area (Å²) in [7, 11) is 0. The maximum Gasteiger partial charge on any atom is 0.238 e. The fourth-order valence-electron chi connectivity index (χ4n) is 3.37. The molecular formula is C20H19FN2OS2. The van der Waals surface area contributed by atoms with E-state index in [0.29, 0.717) is 11.3 Å². The van der Waals surface area contributed by atoms with E-state index in [9.17, 15) is 9.18 Å². The minimum Gasteiger partial charge on any atom is -0.325 e. The van der Waals surface area contributed by atoms with E-state index in [4.69, 9.17) is 0 Å². The van der Waals surface area contributed by atoms with Gasteiger partial charge in [-0.15, -0.1) is 22.7 Å². The van der Waals surface area contributed by atoms with Crippen molar-refractivity contribution in [1.29, 1.82) is 0 Å². The molecule has 3 heterocycles. The van der Waals surface area contributed by atoms with Crippen LogP contribution < -0.4 is 5.32 Å². The number of nitrogens with zero attached hydrogens (tertiary/aromatic N) is 1. The van der Waals surface area contributed by atoms with Crippen LogP contribution in [0.2, 0.25) is 0 Å². The quantitative estimate of drug-likeness (QED) is 0.696. The summed E-state index contributed by atoms with van der Waals surface area (Å²) in [5, 5.41) is 7.03. The van der Waals surface area contributed by atoms with Gasteiger partial charge in [0, 0.05) is 22.0 Å². The molecule has 1 atom stereocenters. The zero-order chi connectivity index (χ0) is 18.1. The molecule has 3 aromatic rings. The highest BCUT2D eigenvalue weighted by Crippen LogP contribution is 2.39. The second-order valence-corrected chi connectivity index (χ2v) is 8.43. The normalized spacial score (nSPS) is 17.1. The Morgan fingerprint density at radius 1 is 1.27 bits per heavy atom. The number of thiophene rings is 2. The van der Waals surface area contributed by atoms with Crippen LogP contribution in [-0.4, -0.2) is 23.9 Å². The summed E-state index contributed by atoms with van der Waals surface area (Å²) in [6.45, 7) is 2.83. The summed E-state index contributed by atoms with van der Waals surface area (Å²) in [5.41, 5.74) is 2.37. The van der Waals surface area contributed by atoms with Crippen LogP contribution in [0.15, 0.2) is 47.2 Å². The van der Waals surface area contributed by atoms with Crippen molar-refractivity contribution in [2.24, 2.45) is 0 Å². The lowest BCUT2D eigenvalue weighted by Gasteiger charge is -2.34. The number of carbonyl (C=O) groups is 1. The molecule has 1 amide bonds. The maximum atomic E-state index is 13.7. The Bertz CT molecular complexity index is 920. The van der Waals surface area contributed by atoms with Crippen molar-refractivity contribution in [2.75, 3.05) is 18.4 Å². The molecule has 0 fully saturated rings. The number of aryl methyl sites for hydroxylation is 1. The van der Waals surface area contributed by atoms with Gasteiger partial charge in [-0.2, -0.15) is 0 Å². The second kappa shape index (κ2) is 7.31. The Morgan fingerprint density at radius 2 is 2.15 bits per heavy atom. The third-order valence-electron chi connectivity index (χ3n) is 4.68. The summed E-state index contributed by atoms with van der Waals surface area (Å²) < 4.78 is 13.7. The van der Waals surface area contributed by atoms with Crippen molar-refractivity contribution in [3.05, 3.63) is 73.9 Å². The van der Waals surface area contributed by atoms with Crippen LogP contribution in [0, 0.1) is 12.7 Å². The van der Waals surface area contributed by atoms with E-state index in [0.717, 1.165) is 13.0 Å². The van der Waals surface area contributed by atoms with E-state index in [1.807, 2.05) is 6.07 Å². The van der Waals surface area contributed by atoms with E-state index in [1.165, 1.54) is 21.4 Å². The zero-order valence-electron chi connectivity index (χ0n) is 14.4. The topological polar surface area (TPSA) is 32.3 Å². The van der Waals surface area contributed by atoms with Crippen molar-refractivity contribution < 1.29 is 9.18 Å². The Hall–Kier alpha value is -2.02. The highest BCUT2D eigenvalue weighted by molar-refractivity contribution is 7.10. The van der Waals surface area contributed by atoms with Gasteiger partial charge in [-0.1, -0.05) is 12.1 Å². The number of halogens is 1. The average Bonchev–Trinajstić information content (AvgIpc) is 3.29. The van der Waals surface area contributed by atoms with Crippen molar-refractivity contribution in [2.45, 2.75) is 19.4 Å². The van der Waals surface area contributed by atoms with Gasteiger partial charge in [0.1, 0.15) is 5.82 Å². The smallest absolute Gasteiger partial charge is 0.238 e. The van der Waals surface area contributed by atoms with Gasteiger partial charge in [-0.3, -0.25) is 9.69 Å². The first-order chi connectivity index (χ1) is 12.6. The molecule has 0 aliphatic carbocycles. The van der Waals surface area contributed by atoms with E-state index in [2.05, 4.69) is 33.1 Å². The summed E-state index contributed by atoms with van der Waals surface area (Å²) in [6.07, 6.45) is 0.960. The highest BCUT2D eigenvalue weighted by Gasteiger charge is 2.31. The molecule has 26 heavy (non-hydrogen) atoms. The van der Waals surface area contributed by atoms with Gasteiger partial charge in [0.15, 0.2) is 0 Å². The number of amides is 1. The van der Waals surface area contributed by atoms with Crippen LogP contribution in [0.5, 0.6) is 0 Å². The van der Waals surface area contributed by atoms with Gasteiger partial charge in [0.05, 0.1) is 12.6 Å². The summed E-state index contributed by atoms with van der Waals surface area (Å²) in [6, 6.07) is 11.3. The predicted molar refractivity (Wildman–Crippen MR) is 106 cm³/mol. The highest BCUT2D eigenvalue weighted by atomic mass is 32.1. The summed E-state index contributed by atoms with van der Waals surface area (Å²) >= 11 is 3.51. The van der Waals surface area contributed by atoms with Crippen molar-refractivity contribution in [1.82, 2.24) is 4.90 Å². The third kappa shape index (κ3) is 3.45. The number of rotatable bonds is 4. The minimum absolute atomic E-state index is 0.116. The molecule has 0 spiro atoms. The first kappa shape index (κ1) is 17.4. The zero-order valence-corrected chi connectivity index (χ0v) is 16.0. The largest absolute Gasteiger partial charge is 0.325 e. The molecule has 2 aromatic heterocycles. The molecule has 0 saturated carbocycles. The fourth-order valence-corrected chi connectivity index (χ4v) is 5.15. The lowest BCUT2D eigenvalue weighted by atomic mass is 9.98. The number of anilines is 1. The van der Waals surface area contributed by atoms with Crippen LogP contribution in [-0.2, 0) is 11.2 Å². The molecule has 1 N–H and O–H groups in total. The number of nitrogens with one attached hydrogen (secondary N) is 1. The van der Waals surface area contributed by atoms with Crippen molar-refractivity contribution >= 4 is 34.3 Å². The van der Waals surface area contributed by atoms with E-state index >= 15 is 0 Å². The molecule has 134 valence electrons. The summed E-state index contributed by atoms with van der Waals surface area (Å²) in [5.74, 6) is -0.423. The molecule has 0 saturated heterocycles. The Labute approximate surface area is 160 Å². The molecular weight excluding hydrogens is 367 g/mol. The van der Waals surface area contributed by atoms with Crippen LogP contribution >= 0.6 is 22.7 Å². The minimum atomic E-state index is -0.305. The van der Waals surface area contributed by atoms with Crippen LogP contribution in [0.4, 0.5) is 10.1 Å². The second-order valence-electron chi connectivity index (χ2n) is 6.45. The van der Waals surface area contributed by atoms with Gasteiger partial charge in [-0.05, 0) is 59.5 Å². The standard InChI is InChI=1S/C20H19FN2OS2/c1-13-4-5-14(11-16(13)21)22-19(24)12-23-8-6-17-15(7-10-26-17)20(23)18-3-2-9-25-18/h2-5,7,9-11,20H,6,8,12H2,1H3,(H,22,24). The van der Waals surface area contributed by atoms with E-state index in [1.54, 1.807) is 41.7 Å². The number of benzene rings is 1. The maximum absolute atomic E-state index is 13.7. The monoisotopic (exact) mass is 386 g/mol. The van der Waals surface area contributed by atoms with Crippen molar-refractivity contribution in [3.8, 4) is 0 Å². The molecule has 0 bridgehead atoms. The molecule has 6 heteroatoms. The predicted octanol–water partition coefficient (Wildman–Crippen LogP) is 4.84. The lowest BCUT2D eigenvalue weighted by Crippen LogP contribution is -2.40. The van der Waals surface area contributed by atoms with Gasteiger partial charge in [0.25, 0.3) is 0 Å². The molecule has 1 aliphatic rings. The Morgan fingerprint density at radius 3 is 2.92 bits per heavy atom. The summed E-state index contributed by atoms with van der Waals surface area (Å²) in [4.78, 5) is 17.4. The number of carbonyl (C=O) groups excluding carboxylic acids is 1. The molecule has 4 rings (SSSR count). The Kier molecular flexibility index (Phi) is 4.89. The first-order valence-corrected chi connectivity index (χ1v) is 10.3. The SMILES string of the molecule is Cc1ccc(NC(=O)CN2CCc3sccc3C2c2cccs2)cc1F. The molecule has 1 aliphatic heterocycles. The first-order valence-electron chi connectivity index (χ1n) is 8.51. The number of fused-ring (bicyclic) bond motifs is 1. The molecule has 1 aromatic carbocycles. The molecule has 1 unspecified atom stereocenters. The van der Waals surface area contributed by atoms with Crippen LogP contribution in [0.3, 0.4) is 0 Å². The average molecular weight is 387 g/mol. The van der Waals surface area contributed by atoms with Gasteiger partial charge in [0.2, 0.25) is 5.91 Å². The lowest BCUT2D eigenvalue weighted by molar-refractivity contribution is -0.117. The van der Waals surface area contributed by atoms with Crippen LogP contribution in [0.1, 0.15) is 26.9 Å². The van der Waals surface area contributed by atoms with E-state index < -0.39 is 0 Å². The van der Waals surface area contributed by atoms with E-state index in [-0.39, 0.29) is 24.3 Å². The molecule has 3 nitrogen and oxygen atoms in total.